The topological polar surface area (TPSA) is 64.3 Å². The van der Waals surface area contributed by atoms with Crippen LogP contribution in [0.15, 0.2) is 48.5 Å². The SMILES string of the molecule is COc1ccc(CC(=O)Nc2cccc(N)c2)cc1. The molecule has 0 bridgehead atoms. The second kappa shape index (κ2) is 5.91. The number of ether oxygens (including phenoxy) is 1. The molecule has 0 saturated carbocycles. The number of anilines is 2. The lowest BCUT2D eigenvalue weighted by Gasteiger charge is -2.06. The van der Waals surface area contributed by atoms with E-state index in [1.54, 1.807) is 25.3 Å². The van der Waals surface area contributed by atoms with E-state index in [1.807, 2.05) is 30.3 Å². The minimum atomic E-state index is -0.0734. The number of carbonyl (C=O) groups excluding carboxylic acids is 1. The molecule has 19 heavy (non-hydrogen) atoms. The molecule has 0 fully saturated rings. The van der Waals surface area contributed by atoms with Gasteiger partial charge in [-0.05, 0) is 35.9 Å². The van der Waals surface area contributed by atoms with E-state index < -0.39 is 0 Å². The van der Waals surface area contributed by atoms with Crippen molar-refractivity contribution in [2.75, 3.05) is 18.2 Å². The van der Waals surface area contributed by atoms with Gasteiger partial charge in [0.2, 0.25) is 5.91 Å². The second-order valence-corrected chi connectivity index (χ2v) is 4.20. The Morgan fingerprint density at radius 2 is 1.95 bits per heavy atom. The van der Waals surface area contributed by atoms with Crippen LogP contribution < -0.4 is 15.8 Å². The first-order chi connectivity index (χ1) is 9.17. The molecule has 0 heterocycles. The summed E-state index contributed by atoms with van der Waals surface area (Å²) in [4.78, 5) is 11.9. The highest BCUT2D eigenvalue weighted by molar-refractivity contribution is 5.92. The van der Waals surface area contributed by atoms with Crippen LogP contribution in [0.3, 0.4) is 0 Å². The lowest BCUT2D eigenvalue weighted by Crippen LogP contribution is -2.14. The number of methoxy groups -OCH3 is 1. The third kappa shape index (κ3) is 3.74. The van der Waals surface area contributed by atoms with Crippen molar-refractivity contribution in [3.63, 3.8) is 0 Å². The fourth-order valence-corrected chi connectivity index (χ4v) is 1.75. The predicted octanol–water partition coefficient (Wildman–Crippen LogP) is 2.46. The van der Waals surface area contributed by atoms with Gasteiger partial charge in [-0.1, -0.05) is 18.2 Å². The van der Waals surface area contributed by atoms with Crippen LogP contribution >= 0.6 is 0 Å². The quantitative estimate of drug-likeness (QED) is 0.826. The average molecular weight is 256 g/mol. The molecule has 0 spiro atoms. The van der Waals surface area contributed by atoms with Gasteiger partial charge in [-0.25, -0.2) is 0 Å². The number of rotatable bonds is 4. The minimum Gasteiger partial charge on any atom is -0.497 e. The molecule has 2 aromatic rings. The number of nitrogens with two attached hydrogens (primary N) is 1. The van der Waals surface area contributed by atoms with Gasteiger partial charge in [-0.2, -0.15) is 0 Å². The van der Waals surface area contributed by atoms with Crippen LogP contribution in [0, 0.1) is 0 Å². The Morgan fingerprint density at radius 1 is 1.21 bits per heavy atom. The van der Waals surface area contributed by atoms with Crippen LogP contribution in [0.1, 0.15) is 5.56 Å². The zero-order chi connectivity index (χ0) is 13.7. The van der Waals surface area contributed by atoms with Gasteiger partial charge in [-0.15, -0.1) is 0 Å². The lowest BCUT2D eigenvalue weighted by atomic mass is 10.1. The summed E-state index contributed by atoms with van der Waals surface area (Å²) in [6, 6.07) is 14.5. The first-order valence-electron chi connectivity index (χ1n) is 5.96. The largest absolute Gasteiger partial charge is 0.497 e. The summed E-state index contributed by atoms with van der Waals surface area (Å²) in [7, 11) is 1.61. The van der Waals surface area contributed by atoms with Gasteiger partial charge in [0.15, 0.2) is 0 Å². The number of nitrogens with one attached hydrogen (secondary N) is 1. The van der Waals surface area contributed by atoms with Crippen molar-refractivity contribution < 1.29 is 9.53 Å². The number of nitrogen functional groups attached to an aromatic ring is 1. The van der Waals surface area contributed by atoms with Gasteiger partial charge in [0.05, 0.1) is 13.5 Å². The Kier molecular flexibility index (Phi) is 4.03. The summed E-state index contributed by atoms with van der Waals surface area (Å²) < 4.78 is 5.07. The highest BCUT2D eigenvalue weighted by Crippen LogP contribution is 2.14. The molecule has 4 nitrogen and oxygen atoms in total. The Balaban J connectivity index is 1.97. The van der Waals surface area contributed by atoms with Crippen LogP contribution in [-0.4, -0.2) is 13.0 Å². The molecule has 2 rings (SSSR count). The first-order valence-corrected chi connectivity index (χ1v) is 5.96. The maximum absolute atomic E-state index is 11.9. The molecule has 0 aromatic heterocycles. The van der Waals surface area contributed by atoms with Crippen LogP contribution in [0.2, 0.25) is 0 Å². The molecule has 0 radical (unpaired) electrons. The summed E-state index contributed by atoms with van der Waals surface area (Å²) in [6.07, 6.45) is 0.318. The molecule has 1 amide bonds. The molecule has 0 aliphatic heterocycles. The molecular formula is C15H16N2O2. The maximum Gasteiger partial charge on any atom is 0.228 e. The monoisotopic (exact) mass is 256 g/mol. The highest BCUT2D eigenvalue weighted by atomic mass is 16.5. The number of carbonyl (C=O) groups is 1. The third-order valence-corrected chi connectivity index (χ3v) is 2.69. The van der Waals surface area contributed by atoms with Gasteiger partial charge in [-0.3, -0.25) is 4.79 Å². The molecule has 0 unspecified atom stereocenters. The summed E-state index contributed by atoms with van der Waals surface area (Å²) in [5, 5.41) is 2.81. The maximum atomic E-state index is 11.9. The van der Waals surface area contributed by atoms with E-state index in [9.17, 15) is 4.79 Å². The third-order valence-electron chi connectivity index (χ3n) is 2.69. The Hall–Kier alpha value is -2.49. The normalized spacial score (nSPS) is 9.95. The molecule has 2 aromatic carbocycles. The fraction of sp³-hybridized carbons (Fsp3) is 0.133. The molecule has 0 aliphatic carbocycles. The van der Waals surface area contributed by atoms with Crippen LogP contribution in [0.4, 0.5) is 11.4 Å². The van der Waals surface area contributed by atoms with Gasteiger partial charge < -0.3 is 15.8 Å². The average Bonchev–Trinajstić information content (AvgIpc) is 2.39. The van der Waals surface area contributed by atoms with Crippen LogP contribution in [0.25, 0.3) is 0 Å². The van der Waals surface area contributed by atoms with Crippen molar-refractivity contribution in [1.82, 2.24) is 0 Å². The number of amides is 1. The standard InChI is InChI=1S/C15H16N2O2/c1-19-14-7-5-11(6-8-14)9-15(18)17-13-4-2-3-12(16)10-13/h2-8,10H,9,16H2,1H3,(H,17,18). The molecule has 4 heteroatoms. The fourth-order valence-electron chi connectivity index (χ4n) is 1.75. The van der Waals surface area contributed by atoms with Gasteiger partial charge >= 0.3 is 0 Å². The van der Waals surface area contributed by atoms with Gasteiger partial charge in [0, 0.05) is 11.4 Å². The number of benzene rings is 2. The number of hydrogen-bond acceptors (Lipinski definition) is 3. The van der Waals surface area contributed by atoms with E-state index in [1.165, 1.54) is 0 Å². The minimum absolute atomic E-state index is 0.0734. The molecule has 98 valence electrons. The Bertz CT molecular complexity index is 565. The van der Waals surface area contributed by atoms with Crippen molar-refractivity contribution >= 4 is 17.3 Å². The van der Waals surface area contributed by atoms with Crippen molar-refractivity contribution in [1.29, 1.82) is 0 Å². The van der Waals surface area contributed by atoms with Gasteiger partial charge in [0.1, 0.15) is 5.75 Å². The van der Waals surface area contributed by atoms with Crippen molar-refractivity contribution in [3.8, 4) is 5.75 Å². The Labute approximate surface area is 112 Å². The highest BCUT2D eigenvalue weighted by Gasteiger charge is 2.04. The second-order valence-electron chi connectivity index (χ2n) is 4.20. The van der Waals surface area contributed by atoms with Crippen molar-refractivity contribution in [2.45, 2.75) is 6.42 Å². The first kappa shape index (κ1) is 13.0. The molecule has 0 aliphatic rings. The molecule has 0 atom stereocenters. The van der Waals surface area contributed by atoms with Crippen molar-refractivity contribution in [2.24, 2.45) is 0 Å². The van der Waals surface area contributed by atoms with E-state index in [-0.39, 0.29) is 5.91 Å². The van der Waals surface area contributed by atoms with E-state index in [2.05, 4.69) is 5.32 Å². The molecule has 3 N–H and O–H groups in total. The molecular weight excluding hydrogens is 240 g/mol. The van der Waals surface area contributed by atoms with E-state index >= 15 is 0 Å². The van der Waals surface area contributed by atoms with E-state index in [0.29, 0.717) is 17.8 Å². The lowest BCUT2D eigenvalue weighted by molar-refractivity contribution is -0.115. The summed E-state index contributed by atoms with van der Waals surface area (Å²) in [5.41, 5.74) is 7.92. The van der Waals surface area contributed by atoms with Crippen LogP contribution in [-0.2, 0) is 11.2 Å². The predicted molar refractivity (Wildman–Crippen MR) is 76.2 cm³/mol. The summed E-state index contributed by atoms with van der Waals surface area (Å²) in [6.45, 7) is 0. The summed E-state index contributed by atoms with van der Waals surface area (Å²) in [5.74, 6) is 0.704. The number of hydrogen-bond donors (Lipinski definition) is 2. The smallest absolute Gasteiger partial charge is 0.228 e. The van der Waals surface area contributed by atoms with Crippen LogP contribution in [0.5, 0.6) is 5.75 Å². The van der Waals surface area contributed by atoms with E-state index in [4.69, 9.17) is 10.5 Å². The molecule has 0 saturated heterocycles. The van der Waals surface area contributed by atoms with Crippen molar-refractivity contribution in [3.05, 3.63) is 54.1 Å². The van der Waals surface area contributed by atoms with E-state index in [0.717, 1.165) is 11.3 Å². The summed E-state index contributed by atoms with van der Waals surface area (Å²) >= 11 is 0. The Morgan fingerprint density at radius 3 is 2.58 bits per heavy atom. The van der Waals surface area contributed by atoms with Gasteiger partial charge in [0.25, 0.3) is 0 Å². The zero-order valence-corrected chi connectivity index (χ0v) is 10.7. The zero-order valence-electron chi connectivity index (χ0n) is 10.7.